The summed E-state index contributed by atoms with van der Waals surface area (Å²) in [5.41, 5.74) is 2.34. The molecular formula is C14H17N5O2. The molecule has 2 N–H and O–H groups in total. The molecule has 2 aromatic rings. The summed E-state index contributed by atoms with van der Waals surface area (Å²) in [6.07, 6.45) is 2.83. The fourth-order valence-corrected chi connectivity index (χ4v) is 2.13. The van der Waals surface area contributed by atoms with Gasteiger partial charge in [0.25, 0.3) is 0 Å². The summed E-state index contributed by atoms with van der Waals surface area (Å²) in [7, 11) is 0. The van der Waals surface area contributed by atoms with Gasteiger partial charge in [0, 0.05) is 6.20 Å². The Labute approximate surface area is 122 Å². The average Bonchev–Trinajstić information content (AvgIpc) is 2.52. The molecule has 2 heterocycles. The van der Waals surface area contributed by atoms with Crippen molar-refractivity contribution in [2.45, 2.75) is 33.2 Å². The van der Waals surface area contributed by atoms with Crippen molar-refractivity contribution in [3.05, 3.63) is 40.8 Å². The van der Waals surface area contributed by atoms with Crippen LogP contribution in [0.15, 0.2) is 18.3 Å². The Bertz CT molecular complexity index is 631. The second kappa shape index (κ2) is 6.74. The molecule has 0 fully saturated rings. The third-order valence-corrected chi connectivity index (χ3v) is 3.12. The number of anilines is 1. The molecule has 0 aliphatic heterocycles. The number of aromatic carboxylic acids is 1. The summed E-state index contributed by atoms with van der Waals surface area (Å²) in [6.45, 7) is 4.19. The molecule has 0 spiro atoms. The smallest absolute Gasteiger partial charge is 0.339 e. The van der Waals surface area contributed by atoms with Crippen molar-refractivity contribution in [1.29, 1.82) is 0 Å². The first-order valence-electron chi connectivity index (χ1n) is 6.79. The molecule has 7 nitrogen and oxygen atoms in total. The van der Waals surface area contributed by atoms with Crippen LogP contribution in [0.5, 0.6) is 0 Å². The maximum Gasteiger partial charge on any atom is 0.339 e. The van der Waals surface area contributed by atoms with Gasteiger partial charge in [-0.1, -0.05) is 13.8 Å². The van der Waals surface area contributed by atoms with Crippen molar-refractivity contribution in [1.82, 2.24) is 20.4 Å². The van der Waals surface area contributed by atoms with Gasteiger partial charge in [-0.2, -0.15) is 15.3 Å². The molecule has 0 aromatic carbocycles. The van der Waals surface area contributed by atoms with E-state index in [2.05, 4.69) is 25.7 Å². The first kappa shape index (κ1) is 14.8. The fraction of sp³-hybridized carbons (Fsp3) is 0.357. The van der Waals surface area contributed by atoms with E-state index in [0.717, 1.165) is 11.3 Å². The van der Waals surface area contributed by atoms with E-state index in [1.165, 1.54) is 0 Å². The Morgan fingerprint density at radius 3 is 2.62 bits per heavy atom. The van der Waals surface area contributed by atoms with E-state index >= 15 is 0 Å². The lowest BCUT2D eigenvalue weighted by atomic mass is 10.0. The number of carboxylic acid groups (broad SMARTS) is 1. The summed E-state index contributed by atoms with van der Waals surface area (Å²) < 4.78 is 0. The summed E-state index contributed by atoms with van der Waals surface area (Å²) >= 11 is 0. The quantitative estimate of drug-likeness (QED) is 0.833. The first-order valence-corrected chi connectivity index (χ1v) is 6.79. The molecule has 0 atom stereocenters. The standard InChI is InChI=1S/C14H17N5O2/c1-3-10-11(4-2)18-19-13(12(10)14(20)21)15-8-9-6-5-7-16-17-9/h5-7H,3-4,8H2,1-2H3,(H,15,19)(H,20,21). The number of carboxylic acids is 1. The average molecular weight is 287 g/mol. The number of aryl methyl sites for hydroxylation is 1. The fourth-order valence-electron chi connectivity index (χ4n) is 2.13. The maximum atomic E-state index is 11.5. The largest absolute Gasteiger partial charge is 0.478 e. The number of nitrogens with one attached hydrogen (secondary N) is 1. The molecule has 0 saturated carbocycles. The Hall–Kier alpha value is -2.57. The first-order chi connectivity index (χ1) is 10.2. The molecule has 0 unspecified atom stereocenters. The highest BCUT2D eigenvalue weighted by molar-refractivity contribution is 5.95. The molecule has 0 bridgehead atoms. The molecule has 2 rings (SSSR count). The highest BCUT2D eigenvalue weighted by atomic mass is 16.4. The molecule has 110 valence electrons. The van der Waals surface area contributed by atoms with Crippen LogP contribution in [-0.4, -0.2) is 31.5 Å². The molecule has 0 aliphatic rings. The molecule has 0 radical (unpaired) electrons. The van der Waals surface area contributed by atoms with Crippen molar-refractivity contribution in [2.75, 3.05) is 5.32 Å². The van der Waals surface area contributed by atoms with Gasteiger partial charge in [-0.05, 0) is 30.5 Å². The van der Waals surface area contributed by atoms with E-state index in [9.17, 15) is 9.90 Å². The molecule has 0 aliphatic carbocycles. The Kier molecular flexibility index (Phi) is 4.76. The lowest BCUT2D eigenvalue weighted by molar-refractivity contribution is 0.0696. The van der Waals surface area contributed by atoms with Crippen LogP contribution in [-0.2, 0) is 19.4 Å². The molecule has 0 saturated heterocycles. The van der Waals surface area contributed by atoms with Crippen LogP contribution < -0.4 is 5.32 Å². The maximum absolute atomic E-state index is 11.5. The van der Waals surface area contributed by atoms with Crippen molar-refractivity contribution in [3.8, 4) is 0 Å². The SMILES string of the molecule is CCc1nnc(NCc2cccnn2)c(C(=O)O)c1CC. The topological polar surface area (TPSA) is 101 Å². The van der Waals surface area contributed by atoms with Crippen LogP contribution in [0.1, 0.15) is 41.2 Å². The highest BCUT2D eigenvalue weighted by Crippen LogP contribution is 2.21. The predicted octanol–water partition coefficient (Wildman–Crippen LogP) is 1.70. The van der Waals surface area contributed by atoms with E-state index in [1.54, 1.807) is 18.3 Å². The number of carbonyl (C=O) groups is 1. The van der Waals surface area contributed by atoms with E-state index in [0.29, 0.717) is 25.1 Å². The summed E-state index contributed by atoms with van der Waals surface area (Å²) in [6, 6.07) is 3.57. The summed E-state index contributed by atoms with van der Waals surface area (Å²) in [4.78, 5) is 11.5. The lowest BCUT2D eigenvalue weighted by Gasteiger charge is -2.13. The van der Waals surface area contributed by atoms with Gasteiger partial charge in [0.05, 0.1) is 17.9 Å². The third kappa shape index (κ3) is 3.31. The van der Waals surface area contributed by atoms with Crippen molar-refractivity contribution in [2.24, 2.45) is 0 Å². The summed E-state index contributed by atoms with van der Waals surface area (Å²) in [5.74, 6) is -0.736. The molecular weight excluding hydrogens is 270 g/mol. The number of hydrogen-bond donors (Lipinski definition) is 2. The van der Waals surface area contributed by atoms with E-state index in [4.69, 9.17) is 0 Å². The Balaban J connectivity index is 2.32. The normalized spacial score (nSPS) is 10.4. The Morgan fingerprint density at radius 2 is 2.05 bits per heavy atom. The van der Waals surface area contributed by atoms with E-state index in [1.807, 2.05) is 13.8 Å². The minimum absolute atomic E-state index is 0.188. The van der Waals surface area contributed by atoms with Gasteiger partial charge in [0.15, 0.2) is 5.82 Å². The molecule has 7 heteroatoms. The van der Waals surface area contributed by atoms with Gasteiger partial charge in [-0.3, -0.25) is 0 Å². The Morgan fingerprint density at radius 1 is 1.24 bits per heavy atom. The van der Waals surface area contributed by atoms with Crippen molar-refractivity contribution < 1.29 is 9.90 Å². The van der Waals surface area contributed by atoms with Crippen molar-refractivity contribution >= 4 is 11.8 Å². The third-order valence-electron chi connectivity index (χ3n) is 3.12. The van der Waals surface area contributed by atoms with Crippen LogP contribution in [0, 0.1) is 0 Å². The van der Waals surface area contributed by atoms with Crippen LogP contribution >= 0.6 is 0 Å². The molecule has 0 amide bonds. The van der Waals surface area contributed by atoms with Crippen LogP contribution in [0.25, 0.3) is 0 Å². The minimum atomic E-state index is -1.00. The van der Waals surface area contributed by atoms with Crippen molar-refractivity contribution in [3.63, 3.8) is 0 Å². The second-order valence-corrected chi connectivity index (χ2v) is 4.43. The number of nitrogens with zero attached hydrogens (tertiary/aromatic N) is 4. The zero-order valence-electron chi connectivity index (χ0n) is 12.0. The lowest BCUT2D eigenvalue weighted by Crippen LogP contribution is -2.15. The number of rotatable bonds is 6. The van der Waals surface area contributed by atoms with Gasteiger partial charge < -0.3 is 10.4 Å². The van der Waals surface area contributed by atoms with Gasteiger partial charge in [0.1, 0.15) is 5.56 Å². The summed E-state index contributed by atoms with van der Waals surface area (Å²) in [5, 5.41) is 28.3. The van der Waals surface area contributed by atoms with Gasteiger partial charge in [0.2, 0.25) is 0 Å². The van der Waals surface area contributed by atoms with Gasteiger partial charge in [-0.15, -0.1) is 5.10 Å². The predicted molar refractivity (Wildman–Crippen MR) is 77.1 cm³/mol. The zero-order chi connectivity index (χ0) is 15.2. The minimum Gasteiger partial charge on any atom is -0.478 e. The number of hydrogen-bond acceptors (Lipinski definition) is 6. The van der Waals surface area contributed by atoms with Gasteiger partial charge in [-0.25, -0.2) is 4.79 Å². The highest BCUT2D eigenvalue weighted by Gasteiger charge is 2.20. The van der Waals surface area contributed by atoms with Crippen LogP contribution in [0.3, 0.4) is 0 Å². The van der Waals surface area contributed by atoms with Crippen LogP contribution in [0.2, 0.25) is 0 Å². The molecule has 2 aromatic heterocycles. The van der Waals surface area contributed by atoms with Gasteiger partial charge >= 0.3 is 5.97 Å². The van der Waals surface area contributed by atoms with Crippen LogP contribution in [0.4, 0.5) is 5.82 Å². The number of aromatic nitrogens is 4. The zero-order valence-corrected chi connectivity index (χ0v) is 12.0. The monoisotopic (exact) mass is 287 g/mol. The second-order valence-electron chi connectivity index (χ2n) is 4.43. The van der Waals surface area contributed by atoms with E-state index < -0.39 is 5.97 Å². The molecule has 21 heavy (non-hydrogen) atoms. The van der Waals surface area contributed by atoms with E-state index in [-0.39, 0.29) is 11.4 Å².